The molecule has 2 heterocycles. The largest absolute Gasteiger partial charge is 0.404 e. The Morgan fingerprint density at radius 3 is 2.42 bits per heavy atom. The van der Waals surface area contributed by atoms with Crippen molar-refractivity contribution in [2.24, 2.45) is 16.6 Å². The zero-order valence-electron chi connectivity index (χ0n) is 23.0. The number of rotatable bonds is 8. The van der Waals surface area contributed by atoms with Crippen LogP contribution in [0.4, 0.5) is 5.69 Å². The summed E-state index contributed by atoms with van der Waals surface area (Å²) >= 11 is 0. The molecule has 7 heteroatoms. The highest BCUT2D eigenvalue weighted by Gasteiger charge is 2.29. The summed E-state index contributed by atoms with van der Waals surface area (Å²) in [5.41, 5.74) is 11.3. The van der Waals surface area contributed by atoms with Gasteiger partial charge in [0.15, 0.2) is 0 Å². The van der Waals surface area contributed by atoms with Gasteiger partial charge in [0.05, 0.1) is 5.92 Å². The van der Waals surface area contributed by atoms with Gasteiger partial charge in [-0.25, -0.2) is 0 Å². The average molecular weight is 516 g/mol. The highest BCUT2D eigenvalue weighted by atomic mass is 16.2. The van der Waals surface area contributed by atoms with Gasteiger partial charge < -0.3 is 20.9 Å². The number of nitrogens with one attached hydrogen (secondary N) is 1. The van der Waals surface area contributed by atoms with Gasteiger partial charge in [0, 0.05) is 55.9 Å². The van der Waals surface area contributed by atoms with Crippen LogP contribution >= 0.6 is 0 Å². The number of carbonyl (C=O) groups excluding carboxylic acids is 2. The number of hydrogen-bond donors (Lipinski definition) is 2. The SMILES string of the molecule is CCCN1CCC(C(=O)Nc2cc(C(=O)N3CCC(c4ccc(C(C=NC)=CN)cc4)CC3)ccc2C)C1. The second kappa shape index (κ2) is 12.9. The van der Waals surface area contributed by atoms with Crippen LogP contribution in [0.2, 0.25) is 0 Å². The maximum Gasteiger partial charge on any atom is 0.253 e. The minimum absolute atomic E-state index is 0.00564. The van der Waals surface area contributed by atoms with Gasteiger partial charge >= 0.3 is 0 Å². The molecule has 2 saturated heterocycles. The molecule has 2 aliphatic heterocycles. The van der Waals surface area contributed by atoms with Crippen molar-refractivity contribution in [1.29, 1.82) is 0 Å². The maximum absolute atomic E-state index is 13.4. The number of piperidine rings is 1. The average Bonchev–Trinajstić information content (AvgIpc) is 3.42. The lowest BCUT2D eigenvalue weighted by atomic mass is 9.88. The number of aryl methyl sites for hydroxylation is 1. The van der Waals surface area contributed by atoms with Crippen LogP contribution < -0.4 is 11.1 Å². The van der Waals surface area contributed by atoms with Crippen LogP contribution in [-0.2, 0) is 4.79 Å². The number of aliphatic imine (C=N–C) groups is 1. The molecule has 0 aliphatic carbocycles. The third-order valence-electron chi connectivity index (χ3n) is 7.87. The second-order valence-corrected chi connectivity index (χ2v) is 10.5. The summed E-state index contributed by atoms with van der Waals surface area (Å²) in [4.78, 5) is 34.6. The van der Waals surface area contributed by atoms with E-state index in [1.54, 1.807) is 19.5 Å². The number of carbonyl (C=O) groups is 2. The number of nitrogens with two attached hydrogens (primary N) is 1. The van der Waals surface area contributed by atoms with Crippen LogP contribution in [0, 0.1) is 12.8 Å². The van der Waals surface area contributed by atoms with Gasteiger partial charge in [0.25, 0.3) is 5.91 Å². The lowest BCUT2D eigenvalue weighted by molar-refractivity contribution is -0.119. The fourth-order valence-corrected chi connectivity index (χ4v) is 5.59. The van der Waals surface area contributed by atoms with Gasteiger partial charge in [-0.05, 0) is 80.4 Å². The van der Waals surface area contributed by atoms with Crippen LogP contribution in [0.25, 0.3) is 5.57 Å². The molecule has 0 saturated carbocycles. The molecule has 1 unspecified atom stereocenters. The summed E-state index contributed by atoms with van der Waals surface area (Å²) in [6.45, 7) is 8.39. The minimum atomic E-state index is 0.00564. The number of allylic oxidation sites excluding steroid dienone is 1. The van der Waals surface area contributed by atoms with E-state index in [9.17, 15) is 9.59 Å². The van der Waals surface area contributed by atoms with Crippen molar-refractivity contribution in [3.8, 4) is 0 Å². The zero-order valence-corrected chi connectivity index (χ0v) is 23.0. The highest BCUT2D eigenvalue weighted by molar-refractivity contribution is 6.09. The summed E-state index contributed by atoms with van der Waals surface area (Å²) in [5, 5.41) is 3.11. The number of likely N-dealkylation sites (tertiary alicyclic amines) is 2. The van der Waals surface area contributed by atoms with Crippen molar-refractivity contribution in [1.82, 2.24) is 9.80 Å². The molecule has 0 bridgehead atoms. The molecular formula is C31H41N5O2. The summed E-state index contributed by atoms with van der Waals surface area (Å²) in [5.74, 6) is 0.510. The van der Waals surface area contributed by atoms with E-state index in [2.05, 4.69) is 46.4 Å². The standard InChI is InChI=1S/C31H41N5O2/c1-4-14-35-15-11-27(21-35)30(37)34-29-18-26(6-5-22(29)2)31(38)36-16-12-25(13-17-36)23-7-9-24(10-8-23)28(19-32)20-33-3/h5-10,18-20,25,27H,4,11-17,21,32H2,1-3H3,(H,34,37). The molecule has 0 radical (unpaired) electrons. The lowest BCUT2D eigenvalue weighted by Gasteiger charge is -2.32. The predicted octanol–water partition coefficient (Wildman–Crippen LogP) is 4.69. The monoisotopic (exact) mass is 515 g/mol. The van der Waals surface area contributed by atoms with Gasteiger partial charge in [0.1, 0.15) is 0 Å². The van der Waals surface area contributed by atoms with Crippen LogP contribution in [0.1, 0.15) is 65.6 Å². The van der Waals surface area contributed by atoms with Crippen molar-refractivity contribution < 1.29 is 9.59 Å². The van der Waals surface area contributed by atoms with Gasteiger partial charge in [0.2, 0.25) is 5.91 Å². The second-order valence-electron chi connectivity index (χ2n) is 10.5. The van der Waals surface area contributed by atoms with Crippen LogP contribution in [0.15, 0.2) is 53.7 Å². The minimum Gasteiger partial charge on any atom is -0.404 e. The normalized spacial score (nSPS) is 19.3. The topological polar surface area (TPSA) is 91.0 Å². The van der Waals surface area contributed by atoms with Gasteiger partial charge in [-0.3, -0.25) is 14.6 Å². The molecule has 7 nitrogen and oxygen atoms in total. The first-order valence-electron chi connectivity index (χ1n) is 13.8. The summed E-state index contributed by atoms with van der Waals surface area (Å²) < 4.78 is 0. The summed E-state index contributed by atoms with van der Waals surface area (Å²) in [6, 6.07) is 14.1. The van der Waals surface area contributed by atoms with Crippen LogP contribution in [0.5, 0.6) is 0 Å². The third-order valence-corrected chi connectivity index (χ3v) is 7.87. The molecule has 1 atom stereocenters. The fourth-order valence-electron chi connectivity index (χ4n) is 5.59. The van der Waals surface area contributed by atoms with E-state index in [1.165, 1.54) is 5.56 Å². The Morgan fingerprint density at radius 2 is 1.76 bits per heavy atom. The molecule has 202 valence electrons. The number of amides is 2. The molecule has 38 heavy (non-hydrogen) atoms. The van der Waals surface area contributed by atoms with Crippen LogP contribution in [0.3, 0.4) is 0 Å². The zero-order chi connectivity index (χ0) is 27.1. The molecular weight excluding hydrogens is 474 g/mol. The third kappa shape index (κ3) is 6.51. The number of nitrogens with zero attached hydrogens (tertiary/aromatic N) is 3. The van der Waals surface area contributed by atoms with Gasteiger partial charge in [-0.1, -0.05) is 37.3 Å². The van der Waals surface area contributed by atoms with Crippen molar-refractivity contribution in [2.45, 2.75) is 45.4 Å². The Kier molecular flexibility index (Phi) is 9.34. The Bertz CT molecular complexity index is 1180. The molecule has 3 N–H and O–H groups in total. The van der Waals surface area contributed by atoms with E-state index in [0.29, 0.717) is 24.6 Å². The van der Waals surface area contributed by atoms with E-state index in [0.717, 1.165) is 67.7 Å². The summed E-state index contributed by atoms with van der Waals surface area (Å²) in [7, 11) is 1.73. The maximum atomic E-state index is 13.4. The Balaban J connectivity index is 1.35. The predicted molar refractivity (Wildman–Crippen MR) is 156 cm³/mol. The number of hydrogen-bond acceptors (Lipinski definition) is 5. The number of benzene rings is 2. The smallest absolute Gasteiger partial charge is 0.253 e. The molecule has 0 spiro atoms. The van der Waals surface area contributed by atoms with Gasteiger partial charge in [-0.2, -0.15) is 0 Å². The first kappa shape index (κ1) is 27.6. The fraction of sp³-hybridized carbons (Fsp3) is 0.452. The van der Waals surface area contributed by atoms with Crippen molar-refractivity contribution >= 4 is 29.3 Å². The van der Waals surface area contributed by atoms with Gasteiger partial charge in [-0.15, -0.1) is 0 Å². The number of anilines is 1. The summed E-state index contributed by atoms with van der Waals surface area (Å²) in [6.07, 6.45) is 7.17. The Morgan fingerprint density at radius 1 is 1.05 bits per heavy atom. The molecule has 4 rings (SSSR count). The van der Waals surface area contributed by atoms with E-state index in [1.807, 2.05) is 30.0 Å². The van der Waals surface area contributed by atoms with E-state index >= 15 is 0 Å². The highest BCUT2D eigenvalue weighted by Crippen LogP contribution is 2.30. The van der Waals surface area contributed by atoms with Crippen molar-refractivity contribution in [2.75, 3.05) is 45.1 Å². The lowest BCUT2D eigenvalue weighted by Crippen LogP contribution is -2.38. The molecule has 2 aromatic rings. The molecule has 2 amide bonds. The molecule has 0 aromatic heterocycles. The Hall–Kier alpha value is -3.45. The van der Waals surface area contributed by atoms with Crippen molar-refractivity contribution in [3.05, 3.63) is 70.9 Å². The molecule has 2 aromatic carbocycles. The van der Waals surface area contributed by atoms with Crippen molar-refractivity contribution in [3.63, 3.8) is 0 Å². The quantitative estimate of drug-likeness (QED) is 0.499. The van der Waals surface area contributed by atoms with E-state index in [-0.39, 0.29) is 17.7 Å². The van der Waals surface area contributed by atoms with E-state index < -0.39 is 0 Å². The first-order chi connectivity index (χ1) is 18.4. The Labute approximate surface area is 226 Å². The molecule has 2 fully saturated rings. The first-order valence-corrected chi connectivity index (χ1v) is 13.8. The molecule has 2 aliphatic rings. The van der Waals surface area contributed by atoms with Crippen LogP contribution in [-0.4, -0.2) is 67.6 Å². The van der Waals surface area contributed by atoms with E-state index in [4.69, 9.17) is 5.73 Å².